The summed E-state index contributed by atoms with van der Waals surface area (Å²) in [7, 11) is 0. The number of carbonyl (C=O) groups is 1. The van der Waals surface area contributed by atoms with Gasteiger partial charge in [-0.3, -0.25) is 5.26 Å². The van der Waals surface area contributed by atoms with Crippen LogP contribution in [0.4, 0.5) is 0 Å². The van der Waals surface area contributed by atoms with E-state index in [1.807, 2.05) is 19.9 Å². The second kappa shape index (κ2) is 15.6. The Balaban J connectivity index is 0.00000249. The number of esters is 1. The molecule has 0 aromatic heterocycles. The zero-order valence-corrected chi connectivity index (χ0v) is 19.5. The Hall–Kier alpha value is -2.17. The van der Waals surface area contributed by atoms with Crippen molar-refractivity contribution in [2.45, 2.75) is 89.8 Å². The molecular formula is C26H38O6. The normalized spacial score (nSPS) is 31.3. The van der Waals surface area contributed by atoms with Gasteiger partial charge in [0.05, 0.1) is 12.2 Å². The van der Waals surface area contributed by atoms with Gasteiger partial charge in [-0.2, -0.15) is 0 Å². The summed E-state index contributed by atoms with van der Waals surface area (Å²) in [5.41, 5.74) is 0.968. The summed E-state index contributed by atoms with van der Waals surface area (Å²) in [6.07, 6.45) is 9.82. The Bertz CT molecular complexity index is 714. The van der Waals surface area contributed by atoms with Gasteiger partial charge in [0.15, 0.2) is 0 Å². The van der Waals surface area contributed by atoms with E-state index < -0.39 is 24.3 Å². The molecule has 2 heterocycles. The standard InChI is InChI=1S/C24H32O6.C2H6/c1-4-22(25)23-12-6-11-21(30-27)16-18(3)14-17(2)15-20-10-5-8-19(28-20)9-7-13-24(26)29-23;1-2/h4-6,8,11,17,19-23,25,27H,1,3,9-10,12,14-16H2,2H3;1-2H3/b11-6+;/t17?,19?,20-,21?,22?,23?;/m0./s1. The van der Waals surface area contributed by atoms with Gasteiger partial charge in [0, 0.05) is 25.2 Å². The van der Waals surface area contributed by atoms with Crippen LogP contribution >= 0.6 is 0 Å². The van der Waals surface area contributed by atoms with Crippen molar-refractivity contribution in [2.75, 3.05) is 0 Å². The number of aliphatic hydroxyl groups excluding tert-OH is 1. The molecule has 2 rings (SSSR count). The molecule has 0 amide bonds. The fourth-order valence-electron chi connectivity index (χ4n) is 3.70. The van der Waals surface area contributed by atoms with Gasteiger partial charge in [-0.25, -0.2) is 9.68 Å². The van der Waals surface area contributed by atoms with E-state index in [9.17, 15) is 15.2 Å². The van der Waals surface area contributed by atoms with E-state index >= 15 is 0 Å². The summed E-state index contributed by atoms with van der Waals surface area (Å²) in [4.78, 5) is 16.6. The molecule has 6 heteroatoms. The van der Waals surface area contributed by atoms with Crippen molar-refractivity contribution in [1.29, 1.82) is 0 Å². The molecule has 5 unspecified atom stereocenters. The predicted octanol–water partition coefficient (Wildman–Crippen LogP) is 4.76. The Morgan fingerprint density at radius 1 is 1.25 bits per heavy atom. The van der Waals surface area contributed by atoms with Gasteiger partial charge in [0.2, 0.25) is 0 Å². The number of hydrogen-bond acceptors (Lipinski definition) is 6. The van der Waals surface area contributed by atoms with E-state index in [1.54, 1.807) is 12.2 Å². The van der Waals surface area contributed by atoms with Gasteiger partial charge in [-0.1, -0.05) is 69.2 Å². The van der Waals surface area contributed by atoms with Gasteiger partial charge < -0.3 is 14.6 Å². The van der Waals surface area contributed by atoms with Crippen LogP contribution in [0.2, 0.25) is 0 Å². The largest absolute Gasteiger partial charge is 0.449 e. The molecule has 0 aromatic carbocycles. The van der Waals surface area contributed by atoms with Crippen molar-refractivity contribution < 1.29 is 29.5 Å². The minimum absolute atomic E-state index is 0.0901. The Kier molecular flexibility index (Phi) is 13.6. The number of carbonyl (C=O) groups excluding carboxylic acids is 1. The molecule has 0 fully saturated rings. The molecule has 2 N–H and O–H groups in total. The topological polar surface area (TPSA) is 85.2 Å². The highest BCUT2D eigenvalue weighted by Crippen LogP contribution is 2.25. The highest BCUT2D eigenvalue weighted by molar-refractivity contribution is 5.88. The molecule has 178 valence electrons. The maximum Gasteiger partial charge on any atom is 0.384 e. The summed E-state index contributed by atoms with van der Waals surface area (Å²) < 4.78 is 11.4. The molecule has 32 heavy (non-hydrogen) atoms. The highest BCUT2D eigenvalue weighted by atomic mass is 17.1. The lowest BCUT2D eigenvalue weighted by molar-refractivity contribution is -0.265. The predicted molar refractivity (Wildman–Crippen MR) is 126 cm³/mol. The van der Waals surface area contributed by atoms with Gasteiger partial charge >= 0.3 is 5.97 Å². The van der Waals surface area contributed by atoms with E-state index in [1.165, 1.54) is 6.08 Å². The fraction of sp³-hybridized carbons (Fsp3) is 0.577. The third-order valence-electron chi connectivity index (χ3n) is 5.14. The smallest absolute Gasteiger partial charge is 0.384 e. The van der Waals surface area contributed by atoms with Crippen LogP contribution in [0, 0.1) is 17.8 Å². The second-order valence-corrected chi connectivity index (χ2v) is 7.94. The lowest BCUT2D eigenvalue weighted by atomic mass is 9.91. The fourth-order valence-corrected chi connectivity index (χ4v) is 3.70. The quantitative estimate of drug-likeness (QED) is 0.162. The molecule has 0 saturated heterocycles. The monoisotopic (exact) mass is 446 g/mol. The molecule has 6 atom stereocenters. The average Bonchev–Trinajstić information content (AvgIpc) is 2.78. The minimum Gasteiger partial charge on any atom is -0.449 e. The number of rotatable bonds is 3. The highest BCUT2D eigenvalue weighted by Gasteiger charge is 2.22. The summed E-state index contributed by atoms with van der Waals surface area (Å²) >= 11 is 0. The summed E-state index contributed by atoms with van der Waals surface area (Å²) in [6.45, 7) is 13.8. The van der Waals surface area contributed by atoms with Gasteiger partial charge in [0.1, 0.15) is 18.3 Å². The first kappa shape index (κ1) is 27.9. The SMILES string of the molecule is C=CC(O)C1C/C=C/C(OO)CC(=C)CC(C)C[C@@H]2CC=CC(CC#CC(=O)O1)O2.CC. The number of aliphatic hydroxyl groups is 1. The van der Waals surface area contributed by atoms with Crippen LogP contribution in [-0.4, -0.2) is 46.9 Å². The third-order valence-corrected chi connectivity index (χ3v) is 5.14. The Labute approximate surface area is 192 Å². The van der Waals surface area contributed by atoms with Crippen molar-refractivity contribution >= 4 is 5.97 Å². The Morgan fingerprint density at radius 2 is 1.97 bits per heavy atom. The number of hydrogen-bond donors (Lipinski definition) is 2. The zero-order chi connectivity index (χ0) is 23.9. The molecular weight excluding hydrogens is 408 g/mol. The van der Waals surface area contributed by atoms with Crippen LogP contribution in [0.3, 0.4) is 0 Å². The van der Waals surface area contributed by atoms with E-state index in [-0.39, 0.29) is 18.6 Å². The summed E-state index contributed by atoms with van der Waals surface area (Å²) in [5, 5.41) is 19.3. The maximum absolute atomic E-state index is 12.1. The molecule has 0 aromatic rings. The van der Waals surface area contributed by atoms with Gasteiger partial charge in [0.25, 0.3) is 0 Å². The molecule has 0 saturated carbocycles. The van der Waals surface area contributed by atoms with Crippen molar-refractivity contribution in [1.82, 2.24) is 0 Å². The van der Waals surface area contributed by atoms with E-state index in [0.717, 1.165) is 24.8 Å². The number of ether oxygens (including phenoxy) is 2. The van der Waals surface area contributed by atoms with Crippen molar-refractivity contribution in [3.63, 3.8) is 0 Å². The van der Waals surface area contributed by atoms with Gasteiger partial charge in [-0.05, 0) is 25.2 Å². The molecule has 0 spiro atoms. The van der Waals surface area contributed by atoms with Crippen LogP contribution in [0.15, 0.2) is 49.1 Å². The minimum atomic E-state index is -1.04. The lowest BCUT2D eigenvalue weighted by Crippen LogP contribution is -2.29. The first-order valence-electron chi connectivity index (χ1n) is 11.4. The molecule has 2 aliphatic heterocycles. The maximum atomic E-state index is 12.1. The van der Waals surface area contributed by atoms with E-state index in [2.05, 4.69) is 42.9 Å². The molecule has 0 aliphatic carbocycles. The second-order valence-electron chi connectivity index (χ2n) is 7.94. The third kappa shape index (κ3) is 10.4. The van der Waals surface area contributed by atoms with Crippen LogP contribution in [0.25, 0.3) is 0 Å². The van der Waals surface area contributed by atoms with E-state index in [0.29, 0.717) is 18.8 Å². The molecule has 2 bridgehead atoms. The summed E-state index contributed by atoms with van der Waals surface area (Å²) in [5.74, 6) is 4.92. The van der Waals surface area contributed by atoms with Crippen molar-refractivity contribution in [2.24, 2.45) is 5.92 Å². The van der Waals surface area contributed by atoms with Crippen LogP contribution in [0.5, 0.6) is 0 Å². The van der Waals surface area contributed by atoms with Crippen molar-refractivity contribution in [3.05, 3.63) is 49.1 Å². The lowest BCUT2D eigenvalue weighted by Gasteiger charge is -2.27. The number of fused-ring (bicyclic) bond motifs is 2. The van der Waals surface area contributed by atoms with Gasteiger partial charge in [-0.15, -0.1) is 6.58 Å². The van der Waals surface area contributed by atoms with Crippen LogP contribution in [-0.2, 0) is 19.2 Å². The number of cyclic esters (lactones) is 1. The van der Waals surface area contributed by atoms with Crippen LogP contribution in [0.1, 0.15) is 59.3 Å². The molecule has 0 radical (unpaired) electrons. The first-order chi connectivity index (χ1) is 15.4. The van der Waals surface area contributed by atoms with Crippen LogP contribution < -0.4 is 0 Å². The first-order valence-corrected chi connectivity index (χ1v) is 11.4. The Morgan fingerprint density at radius 3 is 2.66 bits per heavy atom. The molecule has 2 aliphatic rings. The average molecular weight is 447 g/mol. The van der Waals surface area contributed by atoms with E-state index in [4.69, 9.17) is 9.47 Å². The summed E-state index contributed by atoms with van der Waals surface area (Å²) in [6, 6.07) is 0. The molecule has 6 nitrogen and oxygen atoms in total. The zero-order valence-electron chi connectivity index (χ0n) is 19.5. The van der Waals surface area contributed by atoms with Crippen molar-refractivity contribution in [3.8, 4) is 11.8 Å².